The summed E-state index contributed by atoms with van der Waals surface area (Å²) in [6.45, 7) is 1.45. The number of ether oxygens (including phenoxy) is 2. The van der Waals surface area contributed by atoms with Crippen molar-refractivity contribution in [1.82, 2.24) is 10.2 Å². The van der Waals surface area contributed by atoms with Crippen LogP contribution in [0.1, 0.15) is 37.2 Å². The molecule has 0 radical (unpaired) electrons. The van der Waals surface area contributed by atoms with Gasteiger partial charge in [-0.25, -0.2) is 0 Å². The Kier molecular flexibility index (Phi) is 5.27. The maximum Gasteiger partial charge on any atom is 0.248 e. The molecule has 136 valence electrons. The van der Waals surface area contributed by atoms with Gasteiger partial charge in [-0.2, -0.15) is 0 Å². The van der Waals surface area contributed by atoms with Crippen LogP contribution in [0.25, 0.3) is 0 Å². The van der Waals surface area contributed by atoms with E-state index in [0.717, 1.165) is 30.6 Å². The molecule has 1 aromatic carbocycles. The van der Waals surface area contributed by atoms with Crippen LogP contribution in [0, 0.1) is 0 Å². The standard InChI is InChI=1S/C19H26N2O4/c1-20-17(22)11-14-12-19(25-16-6-4-3-5-15(14)16)7-9-21(10-8-19)18(23)13-24-2/h3-6,14H,7-13H2,1-2H3,(H,20,22)/t14-/m1/s1. The van der Waals surface area contributed by atoms with Gasteiger partial charge in [-0.3, -0.25) is 9.59 Å². The van der Waals surface area contributed by atoms with Crippen LogP contribution in [0.5, 0.6) is 5.75 Å². The number of carbonyl (C=O) groups excluding carboxylic acids is 2. The minimum absolute atomic E-state index is 0.0236. The number of methoxy groups -OCH3 is 1. The predicted molar refractivity (Wildman–Crippen MR) is 93.5 cm³/mol. The Labute approximate surface area is 148 Å². The number of para-hydroxylation sites is 1. The molecule has 2 heterocycles. The monoisotopic (exact) mass is 346 g/mol. The number of amides is 2. The summed E-state index contributed by atoms with van der Waals surface area (Å²) in [6, 6.07) is 7.98. The van der Waals surface area contributed by atoms with Crippen LogP contribution >= 0.6 is 0 Å². The van der Waals surface area contributed by atoms with Gasteiger partial charge in [0.1, 0.15) is 18.0 Å². The van der Waals surface area contributed by atoms with Gasteiger partial charge < -0.3 is 19.7 Å². The third-order valence-corrected chi connectivity index (χ3v) is 5.31. The van der Waals surface area contributed by atoms with Gasteiger partial charge in [0.25, 0.3) is 0 Å². The van der Waals surface area contributed by atoms with Crippen LogP contribution in [0.2, 0.25) is 0 Å². The molecule has 1 saturated heterocycles. The van der Waals surface area contributed by atoms with Crippen molar-refractivity contribution in [1.29, 1.82) is 0 Å². The van der Waals surface area contributed by atoms with E-state index in [0.29, 0.717) is 19.5 Å². The lowest BCUT2D eigenvalue weighted by Crippen LogP contribution is -2.52. The molecule has 6 heteroatoms. The quantitative estimate of drug-likeness (QED) is 0.901. The number of rotatable bonds is 4. The van der Waals surface area contributed by atoms with E-state index in [1.807, 2.05) is 29.2 Å². The Hall–Kier alpha value is -2.08. The number of nitrogens with zero attached hydrogens (tertiary/aromatic N) is 1. The Morgan fingerprint density at radius 2 is 2.04 bits per heavy atom. The molecule has 0 aliphatic carbocycles. The van der Waals surface area contributed by atoms with Crippen LogP contribution in [0.4, 0.5) is 0 Å². The molecule has 1 spiro atoms. The fourth-order valence-electron chi connectivity index (χ4n) is 3.94. The maximum atomic E-state index is 12.0. The minimum atomic E-state index is -0.295. The second-order valence-corrected chi connectivity index (χ2v) is 6.92. The van der Waals surface area contributed by atoms with Gasteiger partial charge in [0.05, 0.1) is 0 Å². The van der Waals surface area contributed by atoms with Crippen molar-refractivity contribution in [2.24, 2.45) is 0 Å². The molecule has 2 amide bonds. The van der Waals surface area contributed by atoms with Gasteiger partial charge in [-0.05, 0) is 18.1 Å². The largest absolute Gasteiger partial charge is 0.487 e. The topological polar surface area (TPSA) is 67.9 Å². The van der Waals surface area contributed by atoms with E-state index in [1.165, 1.54) is 7.11 Å². The molecule has 0 saturated carbocycles. The van der Waals surface area contributed by atoms with E-state index in [4.69, 9.17) is 9.47 Å². The normalized spacial score (nSPS) is 21.4. The van der Waals surface area contributed by atoms with Crippen molar-refractivity contribution >= 4 is 11.8 Å². The first-order chi connectivity index (χ1) is 12.1. The number of hydrogen-bond donors (Lipinski definition) is 1. The molecule has 0 aromatic heterocycles. The van der Waals surface area contributed by atoms with Gasteiger partial charge in [0.15, 0.2) is 0 Å². The van der Waals surface area contributed by atoms with E-state index in [2.05, 4.69) is 5.32 Å². The van der Waals surface area contributed by atoms with Gasteiger partial charge in [0, 0.05) is 52.4 Å². The number of piperidine rings is 1. The summed E-state index contributed by atoms with van der Waals surface area (Å²) >= 11 is 0. The van der Waals surface area contributed by atoms with Crippen molar-refractivity contribution < 1.29 is 19.1 Å². The van der Waals surface area contributed by atoms with E-state index >= 15 is 0 Å². The smallest absolute Gasteiger partial charge is 0.248 e. The Bertz CT molecular complexity index is 638. The first kappa shape index (κ1) is 17.7. The van der Waals surface area contributed by atoms with Crippen LogP contribution in [-0.2, 0) is 14.3 Å². The van der Waals surface area contributed by atoms with E-state index in [1.54, 1.807) is 7.05 Å². The zero-order valence-electron chi connectivity index (χ0n) is 14.9. The average molecular weight is 346 g/mol. The molecule has 1 fully saturated rings. The van der Waals surface area contributed by atoms with Crippen LogP contribution in [0.3, 0.4) is 0 Å². The van der Waals surface area contributed by atoms with Gasteiger partial charge in [-0.15, -0.1) is 0 Å². The Morgan fingerprint density at radius 3 is 2.72 bits per heavy atom. The molecule has 1 N–H and O–H groups in total. The molecule has 2 aliphatic heterocycles. The van der Waals surface area contributed by atoms with E-state index in [9.17, 15) is 9.59 Å². The molecular formula is C19H26N2O4. The predicted octanol–water partition coefficient (Wildman–Crippen LogP) is 1.70. The van der Waals surface area contributed by atoms with Gasteiger partial charge in [0.2, 0.25) is 11.8 Å². The third-order valence-electron chi connectivity index (χ3n) is 5.31. The summed E-state index contributed by atoms with van der Waals surface area (Å²) in [5.74, 6) is 1.09. The summed E-state index contributed by atoms with van der Waals surface area (Å²) in [4.78, 5) is 25.8. The molecule has 25 heavy (non-hydrogen) atoms. The first-order valence-corrected chi connectivity index (χ1v) is 8.82. The molecular weight excluding hydrogens is 320 g/mol. The number of benzene rings is 1. The highest BCUT2D eigenvalue weighted by atomic mass is 16.5. The lowest BCUT2D eigenvalue weighted by Gasteiger charge is -2.46. The Morgan fingerprint density at radius 1 is 1.32 bits per heavy atom. The van der Waals surface area contributed by atoms with Gasteiger partial charge in [-0.1, -0.05) is 18.2 Å². The zero-order valence-corrected chi connectivity index (χ0v) is 14.9. The van der Waals surface area contributed by atoms with Crippen molar-refractivity contribution in [2.45, 2.75) is 37.2 Å². The number of hydrogen-bond acceptors (Lipinski definition) is 4. The highest BCUT2D eigenvalue weighted by molar-refractivity contribution is 5.77. The van der Waals surface area contributed by atoms with E-state index in [-0.39, 0.29) is 29.9 Å². The van der Waals surface area contributed by atoms with Crippen LogP contribution in [0.15, 0.2) is 24.3 Å². The maximum absolute atomic E-state index is 12.0. The van der Waals surface area contributed by atoms with Crippen molar-refractivity contribution in [3.8, 4) is 5.75 Å². The number of fused-ring (bicyclic) bond motifs is 1. The lowest BCUT2D eigenvalue weighted by molar-refractivity contribution is -0.139. The summed E-state index contributed by atoms with van der Waals surface area (Å²) in [7, 11) is 3.21. The molecule has 1 aromatic rings. The first-order valence-electron chi connectivity index (χ1n) is 8.82. The SMILES string of the molecule is CNC(=O)C[C@@H]1CC2(CCN(C(=O)COC)CC2)Oc2ccccc21. The summed E-state index contributed by atoms with van der Waals surface area (Å²) in [6.07, 6.45) is 2.83. The lowest BCUT2D eigenvalue weighted by atomic mass is 9.76. The Balaban J connectivity index is 1.76. The molecule has 6 nitrogen and oxygen atoms in total. The van der Waals surface area contributed by atoms with Gasteiger partial charge >= 0.3 is 0 Å². The summed E-state index contributed by atoms with van der Waals surface area (Å²) < 4.78 is 11.3. The van der Waals surface area contributed by atoms with E-state index < -0.39 is 0 Å². The second kappa shape index (κ2) is 7.44. The zero-order chi connectivity index (χ0) is 17.9. The summed E-state index contributed by atoms with van der Waals surface area (Å²) in [5, 5.41) is 2.72. The summed E-state index contributed by atoms with van der Waals surface area (Å²) in [5.41, 5.74) is 0.811. The van der Waals surface area contributed by atoms with Crippen molar-refractivity contribution in [3.63, 3.8) is 0 Å². The fourth-order valence-corrected chi connectivity index (χ4v) is 3.94. The third kappa shape index (κ3) is 3.79. The van der Waals surface area contributed by atoms with Crippen molar-refractivity contribution in [3.05, 3.63) is 29.8 Å². The average Bonchev–Trinajstić information content (AvgIpc) is 2.62. The van der Waals surface area contributed by atoms with Crippen LogP contribution in [-0.4, -0.2) is 56.2 Å². The second-order valence-electron chi connectivity index (χ2n) is 6.92. The molecule has 0 unspecified atom stereocenters. The van der Waals surface area contributed by atoms with Crippen LogP contribution < -0.4 is 10.1 Å². The number of likely N-dealkylation sites (tertiary alicyclic amines) is 1. The molecule has 0 bridgehead atoms. The molecule has 2 aliphatic rings. The fraction of sp³-hybridized carbons (Fsp3) is 0.579. The highest BCUT2D eigenvalue weighted by Crippen LogP contribution is 2.46. The molecule has 3 rings (SSSR count). The number of carbonyl (C=O) groups is 2. The highest BCUT2D eigenvalue weighted by Gasteiger charge is 2.44. The minimum Gasteiger partial charge on any atom is -0.487 e. The molecule has 1 atom stereocenters. The van der Waals surface area contributed by atoms with Crippen molar-refractivity contribution in [2.75, 3.05) is 33.9 Å². The number of nitrogens with one attached hydrogen (secondary N) is 1.